The van der Waals surface area contributed by atoms with E-state index in [1.807, 2.05) is 11.6 Å². The van der Waals surface area contributed by atoms with E-state index in [9.17, 15) is 0 Å². The normalized spacial score (nSPS) is 10.4. The largest absolute Gasteiger partial charge is 0.492 e. The van der Waals surface area contributed by atoms with Crippen molar-refractivity contribution in [3.05, 3.63) is 12.0 Å². The maximum absolute atomic E-state index is 9.00. The lowest BCUT2D eigenvalue weighted by atomic mass is 10.2. The summed E-state index contributed by atoms with van der Waals surface area (Å²) >= 11 is 0. The number of imidazole rings is 1. The Hall–Kier alpha value is -0.990. The minimum Gasteiger partial charge on any atom is -0.492 e. The fourth-order valence-corrected chi connectivity index (χ4v) is 1.05. The first-order valence-electron chi connectivity index (χ1n) is 3.95. The number of aryl methyl sites for hydroxylation is 2. The number of aromatic nitrogens is 2. The van der Waals surface area contributed by atoms with Gasteiger partial charge in [0.05, 0.1) is 6.20 Å². The van der Waals surface area contributed by atoms with Gasteiger partial charge in [0.15, 0.2) is 0 Å². The molecule has 1 N–H and O–H groups in total. The molecule has 0 atom stereocenters. The molecule has 62 valence electrons. The van der Waals surface area contributed by atoms with Crippen molar-refractivity contribution >= 4 is 0 Å². The monoisotopic (exact) mass is 154 g/mol. The molecular formula is C8H14N2O. The second kappa shape index (κ2) is 3.42. The van der Waals surface area contributed by atoms with Crippen molar-refractivity contribution in [2.75, 3.05) is 0 Å². The summed E-state index contributed by atoms with van der Waals surface area (Å²) in [7, 11) is 1.90. The van der Waals surface area contributed by atoms with Crippen LogP contribution in [0.25, 0.3) is 0 Å². The smallest absolute Gasteiger partial charge is 0.229 e. The zero-order chi connectivity index (χ0) is 8.27. The quantitative estimate of drug-likeness (QED) is 0.715. The highest BCUT2D eigenvalue weighted by atomic mass is 16.3. The first-order valence-corrected chi connectivity index (χ1v) is 3.95. The molecule has 1 rings (SSSR count). The molecule has 0 fully saturated rings. The molecule has 0 bridgehead atoms. The maximum Gasteiger partial charge on any atom is 0.229 e. The van der Waals surface area contributed by atoms with Crippen LogP contribution in [0.1, 0.15) is 25.6 Å². The van der Waals surface area contributed by atoms with Gasteiger partial charge in [-0.05, 0) is 6.42 Å². The fraction of sp³-hybridized carbons (Fsp3) is 0.625. The molecule has 11 heavy (non-hydrogen) atoms. The predicted molar refractivity (Wildman–Crippen MR) is 43.5 cm³/mol. The summed E-state index contributed by atoms with van der Waals surface area (Å²) in [6.07, 6.45) is 4.87. The molecule has 0 aliphatic heterocycles. The number of hydrogen-bond acceptors (Lipinski definition) is 2. The Morgan fingerprint density at radius 1 is 1.64 bits per heavy atom. The maximum atomic E-state index is 9.00. The third kappa shape index (κ3) is 1.97. The van der Waals surface area contributed by atoms with Crippen molar-refractivity contribution in [3.8, 4) is 5.88 Å². The summed E-state index contributed by atoms with van der Waals surface area (Å²) in [5, 5.41) is 9.00. The number of rotatable bonds is 3. The van der Waals surface area contributed by atoms with Crippen LogP contribution in [-0.2, 0) is 13.5 Å². The molecule has 0 aliphatic rings. The van der Waals surface area contributed by atoms with E-state index in [1.165, 1.54) is 0 Å². The average Bonchev–Trinajstić information content (AvgIpc) is 2.26. The SMILES string of the molecule is CCCCc1nc(O)cn1C. The van der Waals surface area contributed by atoms with Gasteiger partial charge in [-0.3, -0.25) is 0 Å². The topological polar surface area (TPSA) is 38.1 Å². The van der Waals surface area contributed by atoms with Crippen molar-refractivity contribution < 1.29 is 5.11 Å². The highest BCUT2D eigenvalue weighted by Crippen LogP contribution is 2.09. The Kier molecular flexibility index (Phi) is 2.52. The van der Waals surface area contributed by atoms with Gasteiger partial charge < -0.3 is 9.67 Å². The van der Waals surface area contributed by atoms with E-state index in [4.69, 9.17) is 5.11 Å². The molecule has 0 saturated carbocycles. The molecule has 0 spiro atoms. The van der Waals surface area contributed by atoms with Crippen LogP contribution in [0.4, 0.5) is 0 Å². The van der Waals surface area contributed by atoms with Gasteiger partial charge in [-0.25, -0.2) is 0 Å². The Morgan fingerprint density at radius 3 is 2.82 bits per heavy atom. The second-order valence-corrected chi connectivity index (χ2v) is 2.73. The highest BCUT2D eigenvalue weighted by Gasteiger charge is 2.01. The summed E-state index contributed by atoms with van der Waals surface area (Å²) in [6, 6.07) is 0. The third-order valence-electron chi connectivity index (χ3n) is 1.71. The Labute approximate surface area is 66.7 Å². The summed E-state index contributed by atoms with van der Waals surface area (Å²) in [6.45, 7) is 2.14. The molecule has 0 unspecified atom stereocenters. The van der Waals surface area contributed by atoms with Gasteiger partial charge in [0.25, 0.3) is 0 Å². The average molecular weight is 154 g/mol. The molecule has 1 heterocycles. The van der Waals surface area contributed by atoms with Crippen LogP contribution in [0.5, 0.6) is 5.88 Å². The number of aromatic hydroxyl groups is 1. The molecule has 0 amide bonds. The number of nitrogens with zero attached hydrogens (tertiary/aromatic N) is 2. The minimum absolute atomic E-state index is 0.124. The van der Waals surface area contributed by atoms with Crippen molar-refractivity contribution in [2.24, 2.45) is 7.05 Å². The molecule has 0 aliphatic carbocycles. The summed E-state index contributed by atoms with van der Waals surface area (Å²) < 4.78 is 1.87. The standard InChI is InChI=1S/C8H14N2O/c1-3-4-5-7-9-8(11)6-10(7)2/h6,11H,3-5H2,1-2H3. The number of hydrogen-bond donors (Lipinski definition) is 1. The van der Waals surface area contributed by atoms with Crippen molar-refractivity contribution in [1.29, 1.82) is 0 Å². The number of unbranched alkanes of at least 4 members (excludes halogenated alkanes) is 1. The van der Waals surface area contributed by atoms with E-state index in [0.717, 1.165) is 25.1 Å². The van der Waals surface area contributed by atoms with E-state index in [0.29, 0.717) is 0 Å². The fourth-order valence-electron chi connectivity index (χ4n) is 1.05. The van der Waals surface area contributed by atoms with Crippen LogP contribution < -0.4 is 0 Å². The predicted octanol–water partition coefficient (Wildman–Crippen LogP) is 1.47. The van der Waals surface area contributed by atoms with Gasteiger partial charge in [0.1, 0.15) is 5.82 Å². The van der Waals surface area contributed by atoms with Gasteiger partial charge >= 0.3 is 0 Å². The lowest BCUT2D eigenvalue weighted by Crippen LogP contribution is -1.96. The lowest BCUT2D eigenvalue weighted by Gasteiger charge is -1.97. The first-order chi connectivity index (χ1) is 5.24. The van der Waals surface area contributed by atoms with Crippen LogP contribution in [0.3, 0.4) is 0 Å². The Balaban J connectivity index is 2.62. The zero-order valence-electron chi connectivity index (χ0n) is 7.04. The van der Waals surface area contributed by atoms with E-state index in [1.54, 1.807) is 6.20 Å². The molecule has 1 aromatic heterocycles. The Morgan fingerprint density at radius 2 is 2.36 bits per heavy atom. The van der Waals surface area contributed by atoms with Crippen molar-refractivity contribution in [3.63, 3.8) is 0 Å². The van der Waals surface area contributed by atoms with Gasteiger partial charge in [-0.2, -0.15) is 4.98 Å². The lowest BCUT2D eigenvalue weighted by molar-refractivity contribution is 0.455. The van der Waals surface area contributed by atoms with E-state index in [-0.39, 0.29) is 5.88 Å². The molecular weight excluding hydrogens is 140 g/mol. The van der Waals surface area contributed by atoms with Crippen molar-refractivity contribution in [2.45, 2.75) is 26.2 Å². The van der Waals surface area contributed by atoms with Crippen LogP contribution in [0.15, 0.2) is 6.20 Å². The second-order valence-electron chi connectivity index (χ2n) is 2.73. The van der Waals surface area contributed by atoms with Crippen LogP contribution >= 0.6 is 0 Å². The molecule has 1 aromatic rings. The van der Waals surface area contributed by atoms with E-state index >= 15 is 0 Å². The minimum atomic E-state index is 0.124. The van der Waals surface area contributed by atoms with E-state index in [2.05, 4.69) is 11.9 Å². The molecule has 0 aromatic carbocycles. The summed E-state index contributed by atoms with van der Waals surface area (Å²) in [5.41, 5.74) is 0. The Bertz CT molecular complexity index is 230. The summed E-state index contributed by atoms with van der Waals surface area (Å²) in [5.74, 6) is 1.09. The van der Waals surface area contributed by atoms with Gasteiger partial charge in [-0.15, -0.1) is 0 Å². The van der Waals surface area contributed by atoms with Gasteiger partial charge in [0, 0.05) is 13.5 Å². The van der Waals surface area contributed by atoms with E-state index < -0.39 is 0 Å². The van der Waals surface area contributed by atoms with Crippen molar-refractivity contribution in [1.82, 2.24) is 9.55 Å². The molecule has 0 saturated heterocycles. The van der Waals surface area contributed by atoms with Crippen LogP contribution in [0.2, 0.25) is 0 Å². The molecule has 3 nitrogen and oxygen atoms in total. The molecule has 0 radical (unpaired) electrons. The van der Waals surface area contributed by atoms with Crippen LogP contribution in [0, 0.1) is 0 Å². The third-order valence-corrected chi connectivity index (χ3v) is 1.71. The molecule has 3 heteroatoms. The van der Waals surface area contributed by atoms with Gasteiger partial charge in [0.2, 0.25) is 5.88 Å². The summed E-state index contributed by atoms with van der Waals surface area (Å²) in [4.78, 5) is 3.97. The zero-order valence-corrected chi connectivity index (χ0v) is 7.04. The highest BCUT2D eigenvalue weighted by molar-refractivity contribution is 5.07. The van der Waals surface area contributed by atoms with Gasteiger partial charge in [-0.1, -0.05) is 13.3 Å². The first kappa shape index (κ1) is 8.11. The van der Waals surface area contributed by atoms with Crippen LogP contribution in [-0.4, -0.2) is 14.7 Å².